The molecule has 0 bridgehead atoms. The smallest absolute Gasteiger partial charge is 0.126 e. The predicted molar refractivity (Wildman–Crippen MR) is 133 cm³/mol. The largest absolute Gasteiger partial charge is 0.336 e. The first kappa shape index (κ1) is 25.4. The summed E-state index contributed by atoms with van der Waals surface area (Å²) in [5.41, 5.74) is 10.5. The van der Waals surface area contributed by atoms with Crippen LogP contribution in [-0.4, -0.2) is 9.55 Å². The van der Waals surface area contributed by atoms with Gasteiger partial charge in [-0.15, -0.1) is 6.42 Å². The van der Waals surface area contributed by atoms with E-state index in [1.165, 1.54) is 24.0 Å². The third kappa shape index (κ3) is 7.66. The standard InChI is InChI=1S/C28H36FN3/c1-6-9-11-23-12-14-24(15-13-23)19-22(8-3)16-17-25(10-7-2)27-20-32(5)28(31-27)26(30)18-21(4)29/h3,10,12-17,20,22,26H,4,6-7,9,11,18-19,30H2,1-2,5H3/b17-16-,25-10+. The quantitative estimate of drug-likeness (QED) is 0.308. The van der Waals surface area contributed by atoms with Gasteiger partial charge in [-0.3, -0.25) is 0 Å². The van der Waals surface area contributed by atoms with Gasteiger partial charge in [-0.05, 0) is 42.4 Å². The lowest BCUT2D eigenvalue weighted by Gasteiger charge is -2.09. The van der Waals surface area contributed by atoms with Crippen molar-refractivity contribution < 1.29 is 4.39 Å². The molecule has 0 aliphatic rings. The molecule has 1 heterocycles. The molecule has 0 aliphatic heterocycles. The number of nitrogens with zero attached hydrogens (tertiary/aromatic N) is 2. The highest BCUT2D eigenvalue weighted by Gasteiger charge is 2.16. The van der Waals surface area contributed by atoms with Gasteiger partial charge in [0.1, 0.15) is 5.82 Å². The topological polar surface area (TPSA) is 43.8 Å². The van der Waals surface area contributed by atoms with Crippen LogP contribution in [0.25, 0.3) is 5.57 Å². The number of nitrogens with two attached hydrogens (primary N) is 1. The summed E-state index contributed by atoms with van der Waals surface area (Å²) in [6, 6.07) is 8.23. The van der Waals surface area contributed by atoms with E-state index in [-0.39, 0.29) is 12.3 Å². The minimum absolute atomic E-state index is 0.0166. The first-order chi connectivity index (χ1) is 15.4. The van der Waals surface area contributed by atoms with Crippen molar-refractivity contribution >= 4 is 5.57 Å². The Hall–Kier alpha value is -2.90. The van der Waals surface area contributed by atoms with E-state index in [0.717, 1.165) is 30.5 Å². The van der Waals surface area contributed by atoms with Gasteiger partial charge in [0.25, 0.3) is 0 Å². The molecular formula is C28H36FN3. The van der Waals surface area contributed by atoms with Crippen molar-refractivity contribution in [2.24, 2.45) is 18.7 Å². The lowest BCUT2D eigenvalue weighted by molar-refractivity contribution is 0.527. The fraction of sp³-hybridized carbons (Fsp3) is 0.393. The van der Waals surface area contributed by atoms with Crippen LogP contribution in [0.4, 0.5) is 4.39 Å². The summed E-state index contributed by atoms with van der Waals surface area (Å²) in [5.74, 6) is 3.06. The van der Waals surface area contributed by atoms with Crippen LogP contribution in [0, 0.1) is 18.3 Å². The summed E-state index contributed by atoms with van der Waals surface area (Å²) in [4.78, 5) is 4.66. The molecular weight excluding hydrogens is 397 g/mol. The summed E-state index contributed by atoms with van der Waals surface area (Å²) in [6.07, 6.45) is 19.2. The van der Waals surface area contributed by atoms with Crippen LogP contribution < -0.4 is 5.73 Å². The zero-order valence-corrected chi connectivity index (χ0v) is 19.7. The predicted octanol–water partition coefficient (Wildman–Crippen LogP) is 6.48. The summed E-state index contributed by atoms with van der Waals surface area (Å²) < 4.78 is 15.1. The van der Waals surface area contributed by atoms with Gasteiger partial charge < -0.3 is 10.3 Å². The number of benzene rings is 1. The first-order valence-electron chi connectivity index (χ1n) is 11.4. The number of allylic oxidation sites excluding steroid dienone is 4. The average Bonchev–Trinajstić information content (AvgIpc) is 3.16. The zero-order chi connectivity index (χ0) is 23.5. The van der Waals surface area contributed by atoms with Crippen LogP contribution in [0.2, 0.25) is 0 Å². The fourth-order valence-electron chi connectivity index (χ4n) is 3.65. The van der Waals surface area contributed by atoms with E-state index in [9.17, 15) is 4.39 Å². The lowest BCUT2D eigenvalue weighted by atomic mass is 9.97. The number of rotatable bonds is 12. The van der Waals surface area contributed by atoms with Crippen LogP contribution in [0.1, 0.15) is 68.2 Å². The van der Waals surface area contributed by atoms with Crippen molar-refractivity contribution in [2.75, 3.05) is 0 Å². The van der Waals surface area contributed by atoms with Crippen LogP contribution in [-0.2, 0) is 19.9 Å². The van der Waals surface area contributed by atoms with Gasteiger partial charge in [-0.25, -0.2) is 9.37 Å². The van der Waals surface area contributed by atoms with E-state index >= 15 is 0 Å². The number of aryl methyl sites for hydroxylation is 2. The minimum atomic E-state index is -0.531. The molecule has 2 N–H and O–H groups in total. The Bertz CT molecular complexity index is 973. The summed E-state index contributed by atoms with van der Waals surface area (Å²) in [5, 5.41) is 0. The Morgan fingerprint density at radius 2 is 1.97 bits per heavy atom. The van der Waals surface area contributed by atoms with Gasteiger partial charge in [0, 0.05) is 25.6 Å². The molecule has 0 amide bonds. The highest BCUT2D eigenvalue weighted by Crippen LogP contribution is 2.23. The number of unbranched alkanes of at least 4 members (excludes halogenated alkanes) is 1. The number of hydrogen-bond acceptors (Lipinski definition) is 2. The van der Waals surface area contributed by atoms with E-state index in [0.29, 0.717) is 5.82 Å². The Balaban J connectivity index is 2.14. The van der Waals surface area contributed by atoms with Gasteiger partial charge in [-0.2, -0.15) is 0 Å². The van der Waals surface area contributed by atoms with Gasteiger partial charge in [0.05, 0.1) is 17.6 Å². The van der Waals surface area contributed by atoms with Gasteiger partial charge in [0.2, 0.25) is 0 Å². The van der Waals surface area contributed by atoms with Crippen molar-refractivity contribution in [3.63, 3.8) is 0 Å². The maximum atomic E-state index is 13.2. The number of halogens is 1. The van der Waals surface area contributed by atoms with Crippen molar-refractivity contribution in [1.82, 2.24) is 9.55 Å². The Morgan fingerprint density at radius 1 is 1.28 bits per heavy atom. The third-order valence-corrected chi connectivity index (χ3v) is 5.42. The normalized spacial score (nSPS) is 13.8. The second kappa shape index (κ2) is 12.8. The Morgan fingerprint density at radius 3 is 2.56 bits per heavy atom. The van der Waals surface area contributed by atoms with Crippen LogP contribution in [0.15, 0.2) is 61.1 Å². The maximum Gasteiger partial charge on any atom is 0.126 e. The van der Waals surface area contributed by atoms with Crippen molar-refractivity contribution in [1.29, 1.82) is 0 Å². The SMILES string of the molecule is C#CC(/C=C\C(=C/CC)c1cn(C)c(C(N)CC(=C)F)n1)Cc1ccc(CCCC)cc1. The van der Waals surface area contributed by atoms with E-state index in [4.69, 9.17) is 12.2 Å². The van der Waals surface area contributed by atoms with E-state index in [1.54, 1.807) is 0 Å². The Kier molecular flexibility index (Phi) is 10.2. The summed E-state index contributed by atoms with van der Waals surface area (Å²) in [7, 11) is 1.87. The molecule has 0 saturated carbocycles. The van der Waals surface area contributed by atoms with Crippen molar-refractivity contribution in [3.05, 3.63) is 83.7 Å². The highest BCUT2D eigenvalue weighted by molar-refractivity contribution is 5.71. The molecule has 4 heteroatoms. The second-order valence-corrected chi connectivity index (χ2v) is 8.25. The molecule has 1 aromatic carbocycles. The molecule has 3 nitrogen and oxygen atoms in total. The van der Waals surface area contributed by atoms with Crippen molar-refractivity contribution in [3.8, 4) is 12.3 Å². The summed E-state index contributed by atoms with van der Waals surface area (Å²) in [6.45, 7) is 7.59. The van der Waals surface area contributed by atoms with Crippen LogP contribution in [0.5, 0.6) is 0 Å². The molecule has 0 radical (unpaired) electrons. The number of terminal acetylenes is 1. The fourth-order valence-corrected chi connectivity index (χ4v) is 3.65. The minimum Gasteiger partial charge on any atom is -0.336 e. The molecule has 2 atom stereocenters. The number of imidazole rings is 1. The molecule has 32 heavy (non-hydrogen) atoms. The number of aromatic nitrogens is 2. The van der Waals surface area contributed by atoms with Gasteiger partial charge >= 0.3 is 0 Å². The van der Waals surface area contributed by atoms with Crippen molar-refractivity contribution in [2.45, 2.75) is 58.4 Å². The molecule has 2 unspecified atom stereocenters. The molecule has 170 valence electrons. The van der Waals surface area contributed by atoms with Gasteiger partial charge in [-0.1, -0.05) is 75.3 Å². The Labute approximate surface area is 192 Å². The third-order valence-electron chi connectivity index (χ3n) is 5.42. The highest BCUT2D eigenvalue weighted by atomic mass is 19.1. The van der Waals surface area contributed by atoms with E-state index < -0.39 is 11.9 Å². The van der Waals surface area contributed by atoms with E-state index in [1.807, 2.05) is 23.9 Å². The van der Waals surface area contributed by atoms with Crippen LogP contribution >= 0.6 is 0 Å². The second-order valence-electron chi connectivity index (χ2n) is 8.25. The average molecular weight is 434 g/mol. The molecule has 2 aromatic rings. The first-order valence-corrected chi connectivity index (χ1v) is 11.4. The monoisotopic (exact) mass is 433 g/mol. The molecule has 0 aliphatic carbocycles. The molecule has 0 saturated heterocycles. The van der Waals surface area contributed by atoms with Gasteiger partial charge in [0.15, 0.2) is 0 Å². The molecule has 2 rings (SSSR count). The molecule has 0 fully saturated rings. The zero-order valence-electron chi connectivity index (χ0n) is 19.7. The number of hydrogen-bond donors (Lipinski definition) is 1. The van der Waals surface area contributed by atoms with Crippen LogP contribution in [0.3, 0.4) is 0 Å². The lowest BCUT2D eigenvalue weighted by Crippen LogP contribution is -2.15. The molecule has 1 aromatic heterocycles. The maximum absolute atomic E-state index is 13.2. The summed E-state index contributed by atoms with van der Waals surface area (Å²) >= 11 is 0. The molecule has 0 spiro atoms. The van der Waals surface area contributed by atoms with E-state index in [2.05, 4.69) is 67.7 Å².